The molecule has 116 valence electrons. The fourth-order valence-corrected chi connectivity index (χ4v) is 2.68. The molecule has 2 aromatic rings. The molecule has 0 radical (unpaired) electrons. The van der Waals surface area contributed by atoms with Crippen molar-refractivity contribution in [3.05, 3.63) is 30.0 Å². The molecule has 1 unspecified atom stereocenters. The van der Waals surface area contributed by atoms with E-state index in [4.69, 9.17) is 14.3 Å². The van der Waals surface area contributed by atoms with Crippen molar-refractivity contribution in [2.24, 2.45) is 5.92 Å². The lowest BCUT2D eigenvalue weighted by molar-refractivity contribution is 0.247. The molecule has 0 amide bonds. The first-order valence-corrected chi connectivity index (χ1v) is 7.65. The van der Waals surface area contributed by atoms with E-state index in [-0.39, 0.29) is 6.61 Å². The largest absolute Gasteiger partial charge is 0.493 e. The molecular weight excluding hydrogens is 266 g/mol. The predicted octanol–water partition coefficient (Wildman–Crippen LogP) is 3.33. The molecule has 1 aromatic carbocycles. The summed E-state index contributed by atoms with van der Waals surface area (Å²) in [6.07, 6.45) is 3.14. The highest BCUT2D eigenvalue weighted by molar-refractivity contribution is 5.83. The van der Waals surface area contributed by atoms with Gasteiger partial charge in [-0.3, -0.25) is 0 Å². The fraction of sp³-hybridized carbons (Fsp3) is 0.529. The number of fused-ring (bicyclic) bond motifs is 1. The first kappa shape index (κ1) is 15.9. The number of para-hydroxylation sites is 1. The van der Waals surface area contributed by atoms with E-state index in [1.54, 1.807) is 7.11 Å². The van der Waals surface area contributed by atoms with Crippen molar-refractivity contribution in [3.8, 4) is 5.75 Å². The maximum atomic E-state index is 9.07. The van der Waals surface area contributed by atoms with Crippen LogP contribution in [0.4, 0.5) is 0 Å². The Morgan fingerprint density at radius 2 is 2.19 bits per heavy atom. The topological polar surface area (TPSA) is 54.6 Å². The molecule has 0 saturated carbocycles. The Morgan fingerprint density at radius 3 is 2.90 bits per heavy atom. The molecule has 1 aromatic heterocycles. The monoisotopic (exact) mass is 291 g/mol. The van der Waals surface area contributed by atoms with Crippen LogP contribution < -0.4 is 10.1 Å². The van der Waals surface area contributed by atoms with Gasteiger partial charge in [-0.25, -0.2) is 0 Å². The summed E-state index contributed by atoms with van der Waals surface area (Å²) in [7, 11) is 1.65. The second kappa shape index (κ2) is 8.05. The van der Waals surface area contributed by atoms with Crippen LogP contribution in [-0.2, 0) is 6.54 Å². The van der Waals surface area contributed by atoms with Gasteiger partial charge in [-0.05, 0) is 37.4 Å². The molecule has 4 nitrogen and oxygen atoms in total. The third-order valence-electron chi connectivity index (χ3n) is 3.75. The molecule has 0 aliphatic heterocycles. The highest BCUT2D eigenvalue weighted by atomic mass is 16.5. The standard InChI is InChI=1S/C17H25NO3/c1-3-5-13(8-9-19)11-18-12-15-10-14-6-4-7-16(20-2)17(14)21-15/h4,6-7,10,13,18-19H,3,5,8-9,11-12H2,1-2H3. The second-order valence-corrected chi connectivity index (χ2v) is 5.39. The molecular formula is C17H25NO3. The highest BCUT2D eigenvalue weighted by Gasteiger charge is 2.10. The number of furan rings is 1. The van der Waals surface area contributed by atoms with E-state index >= 15 is 0 Å². The maximum absolute atomic E-state index is 9.07. The molecule has 0 aliphatic rings. The second-order valence-electron chi connectivity index (χ2n) is 5.39. The number of benzene rings is 1. The zero-order valence-electron chi connectivity index (χ0n) is 12.9. The van der Waals surface area contributed by atoms with Gasteiger partial charge in [0.05, 0.1) is 13.7 Å². The third kappa shape index (κ3) is 4.22. The minimum absolute atomic E-state index is 0.258. The number of methoxy groups -OCH3 is 1. The molecule has 1 heterocycles. The molecule has 4 heteroatoms. The molecule has 0 saturated heterocycles. The van der Waals surface area contributed by atoms with Gasteiger partial charge in [0.25, 0.3) is 0 Å². The summed E-state index contributed by atoms with van der Waals surface area (Å²) in [5.74, 6) is 2.20. The smallest absolute Gasteiger partial charge is 0.176 e. The van der Waals surface area contributed by atoms with Gasteiger partial charge in [0.1, 0.15) is 5.76 Å². The van der Waals surface area contributed by atoms with Crippen LogP contribution in [0.25, 0.3) is 11.0 Å². The van der Waals surface area contributed by atoms with Crippen molar-refractivity contribution < 1.29 is 14.3 Å². The number of aliphatic hydroxyl groups is 1. The van der Waals surface area contributed by atoms with E-state index < -0.39 is 0 Å². The van der Waals surface area contributed by atoms with Crippen LogP contribution in [0, 0.1) is 5.92 Å². The molecule has 0 spiro atoms. The number of rotatable bonds is 9. The van der Waals surface area contributed by atoms with E-state index in [0.717, 1.165) is 48.3 Å². The van der Waals surface area contributed by atoms with Crippen LogP contribution in [0.3, 0.4) is 0 Å². The zero-order chi connectivity index (χ0) is 15.1. The fourth-order valence-electron chi connectivity index (χ4n) is 2.68. The van der Waals surface area contributed by atoms with Crippen molar-refractivity contribution in [2.75, 3.05) is 20.3 Å². The van der Waals surface area contributed by atoms with Gasteiger partial charge in [0.15, 0.2) is 11.3 Å². The Hall–Kier alpha value is -1.52. The van der Waals surface area contributed by atoms with Crippen LogP contribution in [-0.4, -0.2) is 25.4 Å². The Morgan fingerprint density at radius 1 is 1.33 bits per heavy atom. The van der Waals surface area contributed by atoms with Gasteiger partial charge in [-0.2, -0.15) is 0 Å². The summed E-state index contributed by atoms with van der Waals surface area (Å²) in [5.41, 5.74) is 0.803. The first-order chi connectivity index (χ1) is 10.3. The minimum Gasteiger partial charge on any atom is -0.493 e. The number of ether oxygens (including phenoxy) is 1. The summed E-state index contributed by atoms with van der Waals surface area (Å²) < 4.78 is 11.2. The Bertz CT molecular complexity index is 544. The molecule has 0 bridgehead atoms. The summed E-state index contributed by atoms with van der Waals surface area (Å²) >= 11 is 0. The zero-order valence-corrected chi connectivity index (χ0v) is 12.9. The summed E-state index contributed by atoms with van der Waals surface area (Å²) in [6.45, 7) is 4.04. The highest BCUT2D eigenvalue weighted by Crippen LogP contribution is 2.28. The first-order valence-electron chi connectivity index (χ1n) is 7.65. The molecule has 2 N–H and O–H groups in total. The lowest BCUT2D eigenvalue weighted by atomic mass is 10.0. The quantitative estimate of drug-likeness (QED) is 0.744. The van der Waals surface area contributed by atoms with Crippen LogP contribution in [0.15, 0.2) is 28.7 Å². The van der Waals surface area contributed by atoms with E-state index in [1.165, 1.54) is 0 Å². The lowest BCUT2D eigenvalue weighted by Crippen LogP contribution is -2.23. The Balaban J connectivity index is 1.94. The number of hydrogen-bond donors (Lipinski definition) is 2. The summed E-state index contributed by atoms with van der Waals surface area (Å²) in [5, 5.41) is 13.6. The van der Waals surface area contributed by atoms with E-state index in [1.807, 2.05) is 24.3 Å². The van der Waals surface area contributed by atoms with E-state index in [0.29, 0.717) is 12.5 Å². The average Bonchev–Trinajstić information content (AvgIpc) is 2.90. The van der Waals surface area contributed by atoms with Crippen molar-refractivity contribution in [3.63, 3.8) is 0 Å². The lowest BCUT2D eigenvalue weighted by Gasteiger charge is -2.14. The molecule has 1 atom stereocenters. The third-order valence-corrected chi connectivity index (χ3v) is 3.75. The average molecular weight is 291 g/mol. The van der Waals surface area contributed by atoms with Crippen LogP contribution in [0.2, 0.25) is 0 Å². The normalized spacial score (nSPS) is 12.7. The minimum atomic E-state index is 0.258. The van der Waals surface area contributed by atoms with Crippen LogP contribution >= 0.6 is 0 Å². The van der Waals surface area contributed by atoms with Gasteiger partial charge in [0, 0.05) is 12.0 Å². The maximum Gasteiger partial charge on any atom is 0.176 e. The molecule has 0 aliphatic carbocycles. The van der Waals surface area contributed by atoms with Gasteiger partial charge >= 0.3 is 0 Å². The van der Waals surface area contributed by atoms with Gasteiger partial charge in [0.2, 0.25) is 0 Å². The molecule has 2 rings (SSSR count). The van der Waals surface area contributed by atoms with Crippen molar-refractivity contribution in [1.82, 2.24) is 5.32 Å². The molecule has 0 fully saturated rings. The van der Waals surface area contributed by atoms with E-state index in [2.05, 4.69) is 12.2 Å². The summed E-state index contributed by atoms with van der Waals surface area (Å²) in [4.78, 5) is 0. The summed E-state index contributed by atoms with van der Waals surface area (Å²) in [6, 6.07) is 7.94. The number of aliphatic hydroxyl groups excluding tert-OH is 1. The van der Waals surface area contributed by atoms with Crippen molar-refractivity contribution in [2.45, 2.75) is 32.7 Å². The van der Waals surface area contributed by atoms with Crippen molar-refractivity contribution in [1.29, 1.82) is 0 Å². The number of hydrogen-bond acceptors (Lipinski definition) is 4. The van der Waals surface area contributed by atoms with Crippen LogP contribution in [0.1, 0.15) is 31.9 Å². The number of nitrogens with one attached hydrogen (secondary N) is 1. The Labute approximate surface area is 126 Å². The SMILES string of the molecule is CCCC(CCO)CNCc1cc2cccc(OC)c2o1. The van der Waals surface area contributed by atoms with Gasteiger partial charge in [-0.1, -0.05) is 25.5 Å². The van der Waals surface area contributed by atoms with Gasteiger partial charge < -0.3 is 19.6 Å². The van der Waals surface area contributed by atoms with E-state index in [9.17, 15) is 0 Å². The van der Waals surface area contributed by atoms with Crippen LogP contribution in [0.5, 0.6) is 5.75 Å². The Kier molecular flexibility index (Phi) is 6.08. The predicted molar refractivity (Wildman–Crippen MR) is 84.6 cm³/mol. The molecule has 21 heavy (non-hydrogen) atoms. The van der Waals surface area contributed by atoms with Gasteiger partial charge in [-0.15, -0.1) is 0 Å². The van der Waals surface area contributed by atoms with Crippen molar-refractivity contribution >= 4 is 11.0 Å².